The van der Waals surface area contributed by atoms with Crippen LogP contribution in [0.1, 0.15) is 19.4 Å². The molecule has 0 unspecified atom stereocenters. The molecule has 0 aliphatic carbocycles. The van der Waals surface area contributed by atoms with Crippen LogP contribution < -0.4 is 10.1 Å². The number of aromatic nitrogens is 1. The first kappa shape index (κ1) is 14.0. The van der Waals surface area contributed by atoms with E-state index in [0.717, 1.165) is 5.56 Å². The van der Waals surface area contributed by atoms with Gasteiger partial charge in [0, 0.05) is 24.4 Å². The topological polar surface area (TPSA) is 51.2 Å². The summed E-state index contributed by atoms with van der Waals surface area (Å²) in [4.78, 5) is 15.6. The molecular weight excluding hydrogens is 228 g/mol. The number of pyridine rings is 1. The number of carbonyl (C=O) groups excluding carboxylic acids is 1. The van der Waals surface area contributed by atoms with Gasteiger partial charge in [-0.1, -0.05) is 24.3 Å². The van der Waals surface area contributed by atoms with Crippen LogP contribution in [0, 0.1) is 0 Å². The fraction of sp³-hybridized carbons (Fsp3) is 0.286. The van der Waals surface area contributed by atoms with Crippen LogP contribution in [0.25, 0.3) is 0 Å². The Bertz CT molecular complexity index is 439. The Balaban J connectivity index is 2.55. The second kappa shape index (κ2) is 8.06. The summed E-state index contributed by atoms with van der Waals surface area (Å²) in [5.74, 6) is 0.428. The van der Waals surface area contributed by atoms with Crippen molar-refractivity contribution >= 4 is 5.91 Å². The normalized spacial score (nSPS) is 11.0. The van der Waals surface area contributed by atoms with Crippen molar-refractivity contribution in [1.82, 2.24) is 10.3 Å². The number of nitrogens with one attached hydrogen (secondary N) is 1. The van der Waals surface area contributed by atoms with Crippen molar-refractivity contribution in [3.05, 3.63) is 48.2 Å². The van der Waals surface area contributed by atoms with Crippen LogP contribution in [0.5, 0.6) is 5.88 Å². The van der Waals surface area contributed by atoms with E-state index in [4.69, 9.17) is 4.74 Å². The van der Waals surface area contributed by atoms with Crippen LogP contribution in [0.15, 0.2) is 42.6 Å². The minimum Gasteiger partial charge on any atom is -0.478 e. The van der Waals surface area contributed by atoms with Gasteiger partial charge in [-0.05, 0) is 19.9 Å². The first-order valence-corrected chi connectivity index (χ1v) is 5.91. The van der Waals surface area contributed by atoms with E-state index >= 15 is 0 Å². The standard InChI is InChI=1S/C14H18N2O2/c1-3-5-6-9-13(17)16-11-12-8-7-10-15-14(12)18-4-2/h3,5-10H,4,11H2,1-2H3,(H,16,17). The Morgan fingerprint density at radius 1 is 1.50 bits per heavy atom. The van der Waals surface area contributed by atoms with Gasteiger partial charge in [0.2, 0.25) is 11.8 Å². The molecule has 0 atom stereocenters. The van der Waals surface area contributed by atoms with Crippen molar-refractivity contribution in [3.8, 4) is 5.88 Å². The van der Waals surface area contributed by atoms with Crippen molar-refractivity contribution in [2.45, 2.75) is 20.4 Å². The summed E-state index contributed by atoms with van der Waals surface area (Å²) < 4.78 is 5.38. The minimum absolute atomic E-state index is 0.139. The highest BCUT2D eigenvalue weighted by molar-refractivity contribution is 5.87. The SMILES string of the molecule is CC=CC=CC(=O)NCc1cccnc1OCC. The summed E-state index contributed by atoms with van der Waals surface area (Å²) in [7, 11) is 0. The lowest BCUT2D eigenvalue weighted by atomic mass is 10.2. The van der Waals surface area contributed by atoms with Gasteiger partial charge in [-0.2, -0.15) is 0 Å². The summed E-state index contributed by atoms with van der Waals surface area (Å²) >= 11 is 0. The number of ether oxygens (including phenoxy) is 1. The maximum absolute atomic E-state index is 11.5. The zero-order valence-corrected chi connectivity index (χ0v) is 10.7. The molecule has 0 fully saturated rings. The van der Waals surface area contributed by atoms with Gasteiger partial charge in [-0.25, -0.2) is 4.98 Å². The quantitative estimate of drug-likeness (QED) is 0.618. The Morgan fingerprint density at radius 3 is 3.06 bits per heavy atom. The molecule has 4 nitrogen and oxygen atoms in total. The number of nitrogens with zero attached hydrogens (tertiary/aromatic N) is 1. The molecule has 0 saturated carbocycles. The van der Waals surface area contributed by atoms with Crippen LogP contribution in [-0.4, -0.2) is 17.5 Å². The summed E-state index contributed by atoms with van der Waals surface area (Å²) in [6.07, 6.45) is 8.51. The number of hydrogen-bond acceptors (Lipinski definition) is 3. The maximum Gasteiger partial charge on any atom is 0.244 e. The summed E-state index contributed by atoms with van der Waals surface area (Å²) in [5.41, 5.74) is 0.868. The Kier molecular flexibility index (Phi) is 6.25. The Morgan fingerprint density at radius 2 is 2.33 bits per heavy atom. The molecule has 96 valence electrons. The highest BCUT2D eigenvalue weighted by atomic mass is 16.5. The summed E-state index contributed by atoms with van der Waals surface area (Å²) in [6, 6.07) is 3.70. The minimum atomic E-state index is -0.139. The van der Waals surface area contributed by atoms with E-state index in [1.54, 1.807) is 18.3 Å². The van der Waals surface area contributed by atoms with Gasteiger partial charge in [0.15, 0.2) is 0 Å². The molecule has 18 heavy (non-hydrogen) atoms. The van der Waals surface area contributed by atoms with Crippen molar-refractivity contribution in [2.75, 3.05) is 6.61 Å². The van der Waals surface area contributed by atoms with Crippen molar-refractivity contribution < 1.29 is 9.53 Å². The molecule has 0 saturated heterocycles. The van der Waals surface area contributed by atoms with Crippen molar-refractivity contribution in [3.63, 3.8) is 0 Å². The molecular formula is C14H18N2O2. The van der Waals surface area contributed by atoms with Gasteiger partial charge in [-0.3, -0.25) is 4.79 Å². The number of hydrogen-bond donors (Lipinski definition) is 1. The zero-order chi connectivity index (χ0) is 13.2. The molecule has 1 aromatic heterocycles. The molecule has 4 heteroatoms. The molecule has 1 aromatic rings. The molecule has 1 amide bonds. The van der Waals surface area contributed by atoms with Crippen LogP contribution in [0.2, 0.25) is 0 Å². The summed E-state index contributed by atoms with van der Waals surface area (Å²) in [6.45, 7) is 4.75. The predicted molar refractivity (Wildman–Crippen MR) is 71.2 cm³/mol. The fourth-order valence-electron chi connectivity index (χ4n) is 1.32. The van der Waals surface area contributed by atoms with Gasteiger partial charge in [0.25, 0.3) is 0 Å². The lowest BCUT2D eigenvalue weighted by Gasteiger charge is -2.08. The third-order valence-electron chi connectivity index (χ3n) is 2.14. The van der Waals surface area contributed by atoms with Gasteiger partial charge in [0.05, 0.1) is 6.61 Å². The number of allylic oxidation sites excluding steroid dienone is 3. The van der Waals surface area contributed by atoms with Gasteiger partial charge in [-0.15, -0.1) is 0 Å². The van der Waals surface area contributed by atoms with Gasteiger partial charge >= 0.3 is 0 Å². The molecule has 0 spiro atoms. The molecule has 0 radical (unpaired) electrons. The van der Waals surface area contributed by atoms with Crippen LogP contribution in [0.4, 0.5) is 0 Å². The van der Waals surface area contributed by atoms with Crippen LogP contribution in [-0.2, 0) is 11.3 Å². The van der Waals surface area contributed by atoms with E-state index in [0.29, 0.717) is 19.0 Å². The number of carbonyl (C=O) groups is 1. The molecule has 0 bridgehead atoms. The smallest absolute Gasteiger partial charge is 0.244 e. The highest BCUT2D eigenvalue weighted by Gasteiger charge is 2.04. The van der Waals surface area contributed by atoms with Gasteiger partial charge in [0.1, 0.15) is 0 Å². The third kappa shape index (κ3) is 4.82. The van der Waals surface area contributed by atoms with E-state index in [9.17, 15) is 4.79 Å². The fourth-order valence-corrected chi connectivity index (χ4v) is 1.32. The second-order valence-corrected chi connectivity index (χ2v) is 3.50. The van der Waals surface area contributed by atoms with Crippen LogP contribution in [0.3, 0.4) is 0 Å². The second-order valence-electron chi connectivity index (χ2n) is 3.50. The average molecular weight is 246 g/mol. The van der Waals surface area contributed by atoms with Gasteiger partial charge < -0.3 is 10.1 Å². The predicted octanol–water partition coefficient (Wildman–Crippen LogP) is 2.23. The average Bonchev–Trinajstić information content (AvgIpc) is 2.38. The van der Waals surface area contributed by atoms with E-state index in [1.165, 1.54) is 6.08 Å². The van der Waals surface area contributed by atoms with Crippen molar-refractivity contribution in [2.24, 2.45) is 0 Å². The molecule has 0 aromatic carbocycles. The molecule has 0 aliphatic heterocycles. The van der Waals surface area contributed by atoms with E-state index in [2.05, 4.69) is 10.3 Å². The Labute approximate surface area is 107 Å². The molecule has 0 aliphatic rings. The summed E-state index contributed by atoms with van der Waals surface area (Å²) in [5, 5.41) is 2.78. The largest absolute Gasteiger partial charge is 0.478 e. The van der Waals surface area contributed by atoms with E-state index < -0.39 is 0 Å². The first-order chi connectivity index (χ1) is 8.77. The molecule has 1 N–H and O–H groups in total. The van der Waals surface area contributed by atoms with E-state index in [1.807, 2.05) is 32.1 Å². The lowest BCUT2D eigenvalue weighted by Crippen LogP contribution is -2.20. The molecule has 1 rings (SSSR count). The van der Waals surface area contributed by atoms with E-state index in [-0.39, 0.29) is 5.91 Å². The lowest BCUT2D eigenvalue weighted by molar-refractivity contribution is -0.116. The Hall–Kier alpha value is -2.10. The first-order valence-electron chi connectivity index (χ1n) is 5.91. The van der Waals surface area contributed by atoms with Crippen LogP contribution >= 0.6 is 0 Å². The third-order valence-corrected chi connectivity index (χ3v) is 2.14. The monoisotopic (exact) mass is 246 g/mol. The highest BCUT2D eigenvalue weighted by Crippen LogP contribution is 2.13. The zero-order valence-electron chi connectivity index (χ0n) is 10.7. The number of rotatable bonds is 6. The molecule has 1 heterocycles. The maximum atomic E-state index is 11.5. The van der Waals surface area contributed by atoms with Crippen molar-refractivity contribution in [1.29, 1.82) is 0 Å². The number of amides is 1.